The van der Waals surface area contributed by atoms with Crippen molar-refractivity contribution in [3.8, 4) is 0 Å². The number of ketones is 2. The fourth-order valence-electron chi connectivity index (χ4n) is 4.22. The number of carbonyl (C=O) groups excluding carboxylic acids is 2. The van der Waals surface area contributed by atoms with Crippen LogP contribution in [0.25, 0.3) is 16.8 Å². The number of allylic oxidation sites excluding steroid dienone is 1. The first kappa shape index (κ1) is 22.1. The number of para-hydroxylation sites is 3. The number of rotatable bonds is 3. The summed E-state index contributed by atoms with van der Waals surface area (Å²) in [6.45, 7) is 0. The van der Waals surface area contributed by atoms with Gasteiger partial charge in [-0.05, 0) is 71.0 Å². The van der Waals surface area contributed by atoms with Crippen LogP contribution in [0, 0.1) is 0 Å². The molecule has 168 valence electrons. The lowest BCUT2D eigenvalue weighted by Crippen LogP contribution is -2.16. The third-order valence-electron chi connectivity index (χ3n) is 5.88. The molecule has 0 aliphatic heterocycles. The molecule has 0 fully saturated rings. The Hall–Kier alpha value is -4.76. The number of Topliss-reactive ketones (excluding diaryl/α,β-unsaturated/α-hetero) is 1. The number of hydrogen-bond donors (Lipinski definition) is 0. The van der Waals surface area contributed by atoms with E-state index in [1.807, 2.05) is 48.5 Å². The first-order chi connectivity index (χ1) is 17.2. The third kappa shape index (κ3) is 4.66. The number of fused-ring (bicyclic) bond motifs is 3. The highest BCUT2D eigenvalue weighted by atomic mass is 16.2. The van der Waals surface area contributed by atoms with Crippen LogP contribution in [0.5, 0.6) is 0 Å². The van der Waals surface area contributed by atoms with Crippen molar-refractivity contribution in [1.82, 2.24) is 0 Å². The molecule has 5 aromatic carbocycles. The van der Waals surface area contributed by atoms with Gasteiger partial charge in [0.2, 0.25) is 11.6 Å². The minimum Gasteiger partial charge on any atom is -0.311 e. The molecule has 0 amide bonds. The molecule has 0 atom stereocenters. The molecule has 0 saturated carbocycles. The number of carbonyl (C=O) groups is 2. The molecule has 0 saturated heterocycles. The highest BCUT2D eigenvalue weighted by Gasteiger charge is 2.21. The fourth-order valence-corrected chi connectivity index (χ4v) is 4.22. The molecule has 3 heteroatoms. The molecular formula is C32H23NO2. The molecular weight excluding hydrogens is 430 g/mol. The summed E-state index contributed by atoms with van der Waals surface area (Å²) in [7, 11) is 0. The Balaban J connectivity index is 0.000000147. The summed E-state index contributed by atoms with van der Waals surface area (Å²) in [5, 5.41) is 2.09. The van der Waals surface area contributed by atoms with E-state index >= 15 is 0 Å². The van der Waals surface area contributed by atoms with Crippen molar-refractivity contribution < 1.29 is 9.59 Å². The monoisotopic (exact) mass is 453 g/mol. The molecule has 5 aromatic rings. The molecule has 35 heavy (non-hydrogen) atoms. The average Bonchev–Trinajstić information content (AvgIpc) is 2.93. The molecule has 0 radical (unpaired) electrons. The van der Waals surface area contributed by atoms with Crippen molar-refractivity contribution in [3.63, 3.8) is 0 Å². The Bertz CT molecular complexity index is 1410. The lowest BCUT2D eigenvalue weighted by atomic mass is 9.91. The standard InChI is InChI=1S/C18H15N.C14H8O2/c1-4-10-16(11-5-1)19(17-12-6-2-7-13-17)18-14-8-3-9-15-18;15-13-8-7-11-10-4-2-1-3-9(10)5-6-12(11)14(13)16/h1-15H;1-8H. The summed E-state index contributed by atoms with van der Waals surface area (Å²) in [5.41, 5.74) is 4.86. The van der Waals surface area contributed by atoms with E-state index < -0.39 is 11.6 Å². The second-order valence-corrected chi connectivity index (χ2v) is 8.12. The van der Waals surface area contributed by atoms with Gasteiger partial charge in [0.25, 0.3) is 0 Å². The predicted molar refractivity (Wildman–Crippen MR) is 143 cm³/mol. The van der Waals surface area contributed by atoms with Crippen molar-refractivity contribution in [2.24, 2.45) is 0 Å². The van der Waals surface area contributed by atoms with Crippen LogP contribution in [0.2, 0.25) is 0 Å². The Kier molecular flexibility index (Phi) is 6.31. The predicted octanol–water partition coefficient (Wildman–Crippen LogP) is 7.77. The van der Waals surface area contributed by atoms with Crippen LogP contribution in [0.4, 0.5) is 17.1 Å². The minimum atomic E-state index is -0.442. The van der Waals surface area contributed by atoms with Crippen molar-refractivity contribution in [2.45, 2.75) is 0 Å². The quantitative estimate of drug-likeness (QED) is 0.262. The SMILES string of the molecule is O=C1C=Cc2c(ccc3ccccc23)C1=O.c1ccc(N(c2ccccc2)c2ccccc2)cc1. The highest BCUT2D eigenvalue weighted by Crippen LogP contribution is 2.33. The number of benzene rings is 5. The molecule has 1 aliphatic carbocycles. The molecule has 3 nitrogen and oxygen atoms in total. The minimum absolute atomic E-state index is 0.414. The van der Waals surface area contributed by atoms with E-state index in [9.17, 15) is 9.59 Å². The second kappa shape index (κ2) is 10.0. The smallest absolute Gasteiger partial charge is 0.233 e. The normalized spacial score (nSPS) is 12.0. The van der Waals surface area contributed by atoms with Crippen molar-refractivity contribution in [1.29, 1.82) is 0 Å². The van der Waals surface area contributed by atoms with E-state index in [4.69, 9.17) is 0 Å². The molecule has 0 heterocycles. The molecule has 6 rings (SSSR count). The van der Waals surface area contributed by atoms with E-state index in [0.717, 1.165) is 16.3 Å². The van der Waals surface area contributed by atoms with Gasteiger partial charge in [-0.2, -0.15) is 0 Å². The maximum absolute atomic E-state index is 11.7. The first-order valence-electron chi connectivity index (χ1n) is 11.5. The largest absolute Gasteiger partial charge is 0.311 e. The van der Waals surface area contributed by atoms with Gasteiger partial charge in [-0.1, -0.05) is 84.9 Å². The van der Waals surface area contributed by atoms with E-state index in [2.05, 4.69) is 77.7 Å². The summed E-state index contributed by atoms with van der Waals surface area (Å²) in [6.07, 6.45) is 3.07. The van der Waals surface area contributed by atoms with Gasteiger partial charge in [0.05, 0.1) is 0 Å². The highest BCUT2D eigenvalue weighted by molar-refractivity contribution is 6.50. The van der Waals surface area contributed by atoms with Crippen LogP contribution < -0.4 is 4.90 Å². The zero-order chi connectivity index (χ0) is 24.0. The molecule has 0 N–H and O–H groups in total. The summed E-state index contributed by atoms with van der Waals surface area (Å²) >= 11 is 0. The second-order valence-electron chi connectivity index (χ2n) is 8.12. The summed E-state index contributed by atoms with van der Waals surface area (Å²) in [4.78, 5) is 25.2. The summed E-state index contributed by atoms with van der Waals surface area (Å²) < 4.78 is 0. The zero-order valence-corrected chi connectivity index (χ0v) is 19.0. The Morgan fingerprint density at radius 3 is 1.49 bits per heavy atom. The van der Waals surface area contributed by atoms with Crippen LogP contribution in [-0.4, -0.2) is 11.6 Å². The van der Waals surface area contributed by atoms with Gasteiger partial charge in [-0.25, -0.2) is 0 Å². The maximum atomic E-state index is 11.7. The molecule has 0 spiro atoms. The van der Waals surface area contributed by atoms with E-state index in [-0.39, 0.29) is 0 Å². The van der Waals surface area contributed by atoms with Gasteiger partial charge >= 0.3 is 0 Å². The Labute approximate surface area is 204 Å². The topological polar surface area (TPSA) is 37.4 Å². The van der Waals surface area contributed by atoms with Gasteiger partial charge in [-0.3, -0.25) is 9.59 Å². The molecule has 0 aromatic heterocycles. The maximum Gasteiger partial charge on any atom is 0.233 e. The summed E-state index contributed by atoms with van der Waals surface area (Å²) in [6, 6.07) is 42.7. The van der Waals surface area contributed by atoms with E-state index in [0.29, 0.717) is 5.56 Å². The van der Waals surface area contributed by atoms with Gasteiger partial charge in [0, 0.05) is 22.6 Å². The Morgan fingerprint density at radius 1 is 0.457 bits per heavy atom. The number of nitrogens with zero attached hydrogens (tertiary/aromatic N) is 1. The van der Waals surface area contributed by atoms with Crippen LogP contribution >= 0.6 is 0 Å². The van der Waals surface area contributed by atoms with Gasteiger partial charge < -0.3 is 4.90 Å². The first-order valence-corrected chi connectivity index (χ1v) is 11.5. The van der Waals surface area contributed by atoms with Crippen LogP contribution in [0.15, 0.2) is 133 Å². The third-order valence-corrected chi connectivity index (χ3v) is 5.88. The van der Waals surface area contributed by atoms with Gasteiger partial charge in [0.15, 0.2) is 0 Å². The lowest BCUT2D eigenvalue weighted by molar-refractivity contribution is -0.110. The van der Waals surface area contributed by atoms with Crippen LogP contribution in [-0.2, 0) is 4.79 Å². The number of anilines is 3. The van der Waals surface area contributed by atoms with Crippen molar-refractivity contribution in [3.05, 3.63) is 145 Å². The van der Waals surface area contributed by atoms with Crippen LogP contribution in [0.3, 0.4) is 0 Å². The van der Waals surface area contributed by atoms with Crippen LogP contribution in [0.1, 0.15) is 15.9 Å². The van der Waals surface area contributed by atoms with Gasteiger partial charge in [0.1, 0.15) is 0 Å². The summed E-state index contributed by atoms with van der Waals surface area (Å²) in [5.74, 6) is -0.856. The van der Waals surface area contributed by atoms with Crippen molar-refractivity contribution >= 4 is 45.5 Å². The molecule has 1 aliphatic rings. The zero-order valence-electron chi connectivity index (χ0n) is 19.0. The Morgan fingerprint density at radius 2 is 0.943 bits per heavy atom. The fraction of sp³-hybridized carbons (Fsp3) is 0. The number of hydrogen-bond acceptors (Lipinski definition) is 3. The lowest BCUT2D eigenvalue weighted by Gasteiger charge is -2.25. The molecule has 0 bridgehead atoms. The van der Waals surface area contributed by atoms with E-state index in [1.165, 1.54) is 23.1 Å². The van der Waals surface area contributed by atoms with E-state index in [1.54, 1.807) is 12.1 Å². The van der Waals surface area contributed by atoms with Crippen molar-refractivity contribution in [2.75, 3.05) is 4.90 Å². The van der Waals surface area contributed by atoms with Gasteiger partial charge in [-0.15, -0.1) is 0 Å². The average molecular weight is 454 g/mol. The molecule has 0 unspecified atom stereocenters.